The van der Waals surface area contributed by atoms with E-state index in [1.54, 1.807) is 23.1 Å². The number of aromatic nitrogens is 2. The lowest BCUT2D eigenvalue weighted by Gasteiger charge is -2.26. The molecule has 0 aliphatic rings. The molecule has 0 saturated heterocycles. The third kappa shape index (κ3) is 5.59. The second kappa shape index (κ2) is 9.07. The summed E-state index contributed by atoms with van der Waals surface area (Å²) in [7, 11) is 0. The van der Waals surface area contributed by atoms with E-state index in [1.807, 2.05) is 55.5 Å². The van der Waals surface area contributed by atoms with Crippen LogP contribution in [-0.4, -0.2) is 21.7 Å². The van der Waals surface area contributed by atoms with E-state index in [0.29, 0.717) is 10.0 Å². The van der Waals surface area contributed by atoms with Gasteiger partial charge in [-0.1, -0.05) is 47.5 Å². The zero-order chi connectivity index (χ0) is 19.2. The highest BCUT2D eigenvalue weighted by molar-refractivity contribution is 6.30. The molecule has 0 aliphatic carbocycles. The first-order valence-electron chi connectivity index (χ1n) is 8.78. The second-order valence-corrected chi connectivity index (χ2v) is 7.42. The number of nitrogens with one attached hydrogen (secondary N) is 1. The molecule has 0 spiro atoms. The van der Waals surface area contributed by atoms with Crippen molar-refractivity contribution in [1.29, 1.82) is 0 Å². The largest absolute Gasteiger partial charge is 0.351 e. The van der Waals surface area contributed by atoms with Crippen LogP contribution in [0.1, 0.15) is 24.0 Å². The number of hydrogen-bond acceptors (Lipinski definition) is 2. The molecule has 1 aromatic heterocycles. The van der Waals surface area contributed by atoms with E-state index in [0.717, 1.165) is 17.5 Å². The summed E-state index contributed by atoms with van der Waals surface area (Å²) in [6, 6.07) is 17.3. The van der Waals surface area contributed by atoms with Gasteiger partial charge in [0, 0.05) is 34.4 Å². The maximum absolute atomic E-state index is 12.4. The number of amides is 1. The van der Waals surface area contributed by atoms with Crippen LogP contribution in [0, 0.1) is 0 Å². The number of carbonyl (C=O) groups is 1. The Bertz CT molecular complexity index is 861. The predicted molar refractivity (Wildman–Crippen MR) is 109 cm³/mol. The van der Waals surface area contributed by atoms with Crippen LogP contribution in [0.5, 0.6) is 0 Å². The third-order valence-corrected chi connectivity index (χ3v) is 5.03. The molecule has 3 aromatic rings. The van der Waals surface area contributed by atoms with Gasteiger partial charge >= 0.3 is 0 Å². The fourth-order valence-corrected chi connectivity index (χ4v) is 3.36. The topological polar surface area (TPSA) is 46.9 Å². The van der Waals surface area contributed by atoms with Crippen LogP contribution in [-0.2, 0) is 17.8 Å². The Balaban J connectivity index is 1.76. The third-order valence-electron chi connectivity index (χ3n) is 4.52. The Labute approximate surface area is 169 Å². The van der Waals surface area contributed by atoms with Crippen molar-refractivity contribution in [3.8, 4) is 0 Å². The molecule has 0 fully saturated rings. The molecule has 2 atom stereocenters. The Morgan fingerprint density at radius 1 is 1.07 bits per heavy atom. The van der Waals surface area contributed by atoms with Crippen LogP contribution in [0.25, 0.3) is 0 Å². The standard InChI is InChI=1S/C21H21Cl2N3O/c1-15(25-21(27)14-26-12-2-11-24-26)20(17-5-9-19(23)10-6-17)13-16-3-7-18(22)8-4-16/h2-12,15,20H,13-14H2,1H3,(H,25,27). The van der Waals surface area contributed by atoms with Gasteiger partial charge < -0.3 is 5.32 Å². The molecule has 27 heavy (non-hydrogen) atoms. The van der Waals surface area contributed by atoms with E-state index in [9.17, 15) is 4.79 Å². The molecular weight excluding hydrogens is 381 g/mol. The van der Waals surface area contributed by atoms with Crippen molar-refractivity contribution in [3.05, 3.63) is 88.2 Å². The Hall–Kier alpha value is -2.30. The van der Waals surface area contributed by atoms with Crippen LogP contribution >= 0.6 is 23.2 Å². The van der Waals surface area contributed by atoms with Gasteiger partial charge in [0.25, 0.3) is 0 Å². The molecule has 3 rings (SSSR count). The molecule has 1 heterocycles. The maximum atomic E-state index is 12.4. The molecule has 2 aromatic carbocycles. The van der Waals surface area contributed by atoms with Crippen molar-refractivity contribution < 1.29 is 4.79 Å². The number of carbonyl (C=O) groups excluding carboxylic acids is 1. The van der Waals surface area contributed by atoms with Gasteiger partial charge in [0.2, 0.25) is 5.91 Å². The summed E-state index contributed by atoms with van der Waals surface area (Å²) < 4.78 is 1.61. The smallest absolute Gasteiger partial charge is 0.241 e. The first-order chi connectivity index (χ1) is 13.0. The van der Waals surface area contributed by atoms with Crippen molar-refractivity contribution >= 4 is 29.1 Å². The maximum Gasteiger partial charge on any atom is 0.241 e. The Morgan fingerprint density at radius 3 is 2.30 bits per heavy atom. The van der Waals surface area contributed by atoms with Crippen LogP contribution in [0.3, 0.4) is 0 Å². The van der Waals surface area contributed by atoms with Gasteiger partial charge in [0.1, 0.15) is 6.54 Å². The van der Waals surface area contributed by atoms with E-state index < -0.39 is 0 Å². The van der Waals surface area contributed by atoms with E-state index in [1.165, 1.54) is 0 Å². The van der Waals surface area contributed by atoms with Gasteiger partial charge in [0.15, 0.2) is 0 Å². The highest BCUT2D eigenvalue weighted by Crippen LogP contribution is 2.26. The fourth-order valence-electron chi connectivity index (χ4n) is 3.11. The predicted octanol–water partition coefficient (Wildman–Crippen LogP) is 4.72. The number of rotatable bonds is 7. The average Bonchev–Trinajstić information content (AvgIpc) is 3.15. The van der Waals surface area contributed by atoms with Crippen LogP contribution in [0.2, 0.25) is 10.0 Å². The van der Waals surface area contributed by atoms with Gasteiger partial charge in [-0.15, -0.1) is 0 Å². The number of halogens is 2. The number of benzene rings is 2. The van der Waals surface area contributed by atoms with Crippen molar-refractivity contribution in [1.82, 2.24) is 15.1 Å². The number of nitrogens with zero attached hydrogens (tertiary/aromatic N) is 2. The summed E-state index contributed by atoms with van der Waals surface area (Å²) in [5.74, 6) is 0.0336. The van der Waals surface area contributed by atoms with Crippen LogP contribution in [0.15, 0.2) is 67.0 Å². The van der Waals surface area contributed by atoms with Crippen molar-refractivity contribution in [3.63, 3.8) is 0 Å². The highest BCUT2D eigenvalue weighted by Gasteiger charge is 2.22. The minimum absolute atomic E-state index is 0.0649. The van der Waals surface area contributed by atoms with E-state index in [2.05, 4.69) is 10.4 Å². The normalized spacial score (nSPS) is 13.1. The number of hydrogen-bond donors (Lipinski definition) is 1. The van der Waals surface area contributed by atoms with E-state index >= 15 is 0 Å². The summed E-state index contributed by atoms with van der Waals surface area (Å²) in [5.41, 5.74) is 2.29. The lowest BCUT2D eigenvalue weighted by atomic mass is 9.86. The quantitative estimate of drug-likeness (QED) is 0.622. The van der Waals surface area contributed by atoms with Crippen molar-refractivity contribution in [2.45, 2.75) is 31.8 Å². The van der Waals surface area contributed by atoms with Crippen LogP contribution in [0.4, 0.5) is 0 Å². The molecule has 0 aliphatic heterocycles. The molecule has 6 heteroatoms. The highest BCUT2D eigenvalue weighted by atomic mass is 35.5. The second-order valence-electron chi connectivity index (χ2n) is 6.55. The monoisotopic (exact) mass is 401 g/mol. The first-order valence-corrected chi connectivity index (χ1v) is 9.53. The molecule has 0 saturated carbocycles. The summed E-state index contributed by atoms with van der Waals surface area (Å²) >= 11 is 12.0. The Morgan fingerprint density at radius 2 is 1.70 bits per heavy atom. The van der Waals surface area contributed by atoms with Gasteiger partial charge in [-0.2, -0.15) is 5.10 Å². The summed E-state index contributed by atoms with van der Waals surface area (Å²) in [4.78, 5) is 12.4. The van der Waals surface area contributed by atoms with Crippen molar-refractivity contribution in [2.75, 3.05) is 0 Å². The van der Waals surface area contributed by atoms with Gasteiger partial charge in [-0.25, -0.2) is 0 Å². The fraction of sp³-hybridized carbons (Fsp3) is 0.238. The van der Waals surface area contributed by atoms with Gasteiger partial charge in [0.05, 0.1) is 0 Å². The zero-order valence-corrected chi connectivity index (χ0v) is 16.5. The first kappa shape index (κ1) is 19.5. The minimum Gasteiger partial charge on any atom is -0.351 e. The molecule has 0 bridgehead atoms. The summed E-state index contributed by atoms with van der Waals surface area (Å²) in [5, 5.41) is 8.59. The Kier molecular flexibility index (Phi) is 6.54. The lowest BCUT2D eigenvalue weighted by molar-refractivity contribution is -0.122. The summed E-state index contributed by atoms with van der Waals surface area (Å²) in [6.07, 6.45) is 4.21. The van der Waals surface area contributed by atoms with E-state index in [4.69, 9.17) is 23.2 Å². The molecule has 0 radical (unpaired) electrons. The molecule has 2 unspecified atom stereocenters. The molecule has 1 N–H and O–H groups in total. The SMILES string of the molecule is CC(NC(=O)Cn1cccn1)C(Cc1ccc(Cl)cc1)c1ccc(Cl)cc1. The zero-order valence-electron chi connectivity index (χ0n) is 15.0. The minimum atomic E-state index is -0.0683. The molecule has 1 amide bonds. The van der Waals surface area contributed by atoms with Crippen LogP contribution < -0.4 is 5.32 Å². The average molecular weight is 402 g/mol. The lowest BCUT2D eigenvalue weighted by Crippen LogP contribution is -2.39. The van der Waals surface area contributed by atoms with Crippen molar-refractivity contribution in [2.24, 2.45) is 0 Å². The molecule has 4 nitrogen and oxygen atoms in total. The van der Waals surface area contributed by atoms with E-state index in [-0.39, 0.29) is 24.4 Å². The summed E-state index contributed by atoms with van der Waals surface area (Å²) in [6.45, 7) is 2.22. The van der Waals surface area contributed by atoms with Gasteiger partial charge in [-0.3, -0.25) is 9.48 Å². The molecule has 140 valence electrons. The molecular formula is C21H21Cl2N3O. The van der Waals surface area contributed by atoms with Gasteiger partial charge in [-0.05, 0) is 54.8 Å².